The monoisotopic (exact) mass is 558 g/mol. The first-order chi connectivity index (χ1) is 16.7. The number of ether oxygens (including phenoxy) is 2. The van der Waals surface area contributed by atoms with E-state index in [0.717, 1.165) is 21.2 Å². The second-order valence-corrected chi connectivity index (χ2v) is 10.1. The molecule has 3 aromatic rings. The van der Waals surface area contributed by atoms with Crippen LogP contribution in [-0.4, -0.2) is 17.7 Å². The second kappa shape index (κ2) is 10.9. The fourth-order valence-electron chi connectivity index (χ4n) is 4.65. The summed E-state index contributed by atoms with van der Waals surface area (Å²) in [5, 5.41) is 9.78. The molecule has 0 amide bonds. The Balaban J connectivity index is 1.81. The van der Waals surface area contributed by atoms with E-state index in [1.807, 2.05) is 43.3 Å². The molecular weight excluding hydrogens is 535 g/mol. The number of rotatable bonds is 7. The van der Waals surface area contributed by atoms with Crippen LogP contribution in [0, 0.1) is 11.7 Å². The van der Waals surface area contributed by atoms with Crippen molar-refractivity contribution in [3.05, 3.63) is 111 Å². The van der Waals surface area contributed by atoms with E-state index in [1.165, 1.54) is 12.1 Å². The number of hydrogen-bond acceptors (Lipinski definition) is 3. The molecule has 7 heteroatoms. The minimum Gasteiger partial charge on any atom is -0.482 e. The molecule has 0 aromatic heterocycles. The van der Waals surface area contributed by atoms with Crippen molar-refractivity contribution < 1.29 is 23.8 Å². The lowest BCUT2D eigenvalue weighted by atomic mass is 9.74. The molecule has 1 fully saturated rings. The molecule has 3 aromatic carbocycles. The standard InChI is InChI=1S/C28H25BrClFO4/c1-16(2)22-14-23(17-6-9-20(30)10-7-17)27(18-4-3-5-21(31)12-18)35-28(22)24-13-19(29)8-11-25(24)34-15-26(32)33/h3-13,22-23,27-28H,1,14-15H2,2H3,(H,32,33)/t22-,23-,27+,28+/m1/s1. The number of halogens is 3. The molecule has 0 unspecified atom stereocenters. The van der Waals surface area contributed by atoms with Gasteiger partial charge in [-0.1, -0.05) is 63.9 Å². The average Bonchev–Trinajstić information content (AvgIpc) is 2.83. The highest BCUT2D eigenvalue weighted by Crippen LogP contribution is 2.53. The molecule has 1 aliphatic heterocycles. The zero-order chi connectivity index (χ0) is 25.1. The van der Waals surface area contributed by atoms with Crippen LogP contribution in [0.5, 0.6) is 5.75 Å². The summed E-state index contributed by atoms with van der Waals surface area (Å²) in [6, 6.07) is 19.5. The number of carboxylic acid groups (broad SMARTS) is 1. The molecule has 35 heavy (non-hydrogen) atoms. The van der Waals surface area contributed by atoms with Crippen LogP contribution in [0.4, 0.5) is 4.39 Å². The lowest BCUT2D eigenvalue weighted by Crippen LogP contribution is -2.32. The van der Waals surface area contributed by atoms with Crippen LogP contribution in [0.3, 0.4) is 0 Å². The highest BCUT2D eigenvalue weighted by Gasteiger charge is 2.41. The summed E-state index contributed by atoms with van der Waals surface area (Å²) in [5.74, 6) is -1.16. The van der Waals surface area contributed by atoms with Gasteiger partial charge in [0.25, 0.3) is 0 Å². The van der Waals surface area contributed by atoms with Gasteiger partial charge in [0.05, 0.1) is 12.2 Å². The van der Waals surface area contributed by atoms with Crippen molar-refractivity contribution in [1.29, 1.82) is 0 Å². The quantitative estimate of drug-likeness (QED) is 0.299. The van der Waals surface area contributed by atoms with E-state index in [-0.39, 0.29) is 17.7 Å². The van der Waals surface area contributed by atoms with Gasteiger partial charge in [-0.05, 0) is 66.9 Å². The Bertz CT molecular complexity index is 1230. The van der Waals surface area contributed by atoms with Gasteiger partial charge in [0.1, 0.15) is 11.6 Å². The normalized spacial score (nSPS) is 21.9. The Morgan fingerprint density at radius 3 is 2.54 bits per heavy atom. The molecule has 4 atom stereocenters. The Hall–Kier alpha value is -2.67. The van der Waals surface area contributed by atoms with Crippen molar-refractivity contribution in [3.63, 3.8) is 0 Å². The van der Waals surface area contributed by atoms with E-state index < -0.39 is 24.8 Å². The first-order valence-electron chi connectivity index (χ1n) is 11.2. The van der Waals surface area contributed by atoms with Crippen molar-refractivity contribution in [2.45, 2.75) is 31.5 Å². The summed E-state index contributed by atoms with van der Waals surface area (Å²) >= 11 is 9.65. The SMILES string of the molecule is C=C(C)[C@H]1C[C@H](c2ccc(Cl)cc2)[C@H](c2cccc(F)c2)O[C@@H]1c1cc(Br)ccc1OCC(=O)O. The summed E-state index contributed by atoms with van der Waals surface area (Å²) in [6.45, 7) is 5.71. The van der Waals surface area contributed by atoms with E-state index in [9.17, 15) is 9.18 Å². The topological polar surface area (TPSA) is 55.8 Å². The molecule has 0 radical (unpaired) electrons. The summed E-state index contributed by atoms with van der Waals surface area (Å²) in [4.78, 5) is 11.2. The minimum atomic E-state index is -1.07. The Kier molecular flexibility index (Phi) is 7.95. The third kappa shape index (κ3) is 5.95. The zero-order valence-corrected chi connectivity index (χ0v) is 21.4. The first kappa shape index (κ1) is 25.4. The molecule has 182 valence electrons. The van der Waals surface area contributed by atoms with Crippen LogP contribution in [0.15, 0.2) is 83.4 Å². The summed E-state index contributed by atoms with van der Waals surface area (Å²) in [6.07, 6.45) is -0.252. The highest BCUT2D eigenvalue weighted by atomic mass is 79.9. The molecular formula is C28H25BrClFO4. The molecule has 1 saturated heterocycles. The van der Waals surface area contributed by atoms with Crippen LogP contribution >= 0.6 is 27.5 Å². The van der Waals surface area contributed by atoms with Crippen LogP contribution < -0.4 is 4.74 Å². The van der Waals surface area contributed by atoms with Crippen molar-refractivity contribution in [1.82, 2.24) is 0 Å². The van der Waals surface area contributed by atoms with E-state index in [2.05, 4.69) is 22.5 Å². The van der Waals surface area contributed by atoms with Crippen molar-refractivity contribution in [3.8, 4) is 5.75 Å². The fraction of sp³-hybridized carbons (Fsp3) is 0.250. The Labute approximate surface area is 217 Å². The van der Waals surface area contributed by atoms with Crippen LogP contribution in [0.1, 0.15) is 48.2 Å². The molecule has 0 aliphatic carbocycles. The molecule has 1 aliphatic rings. The van der Waals surface area contributed by atoms with Gasteiger partial charge in [-0.2, -0.15) is 0 Å². The maximum Gasteiger partial charge on any atom is 0.341 e. The van der Waals surface area contributed by atoms with Crippen LogP contribution in [0.2, 0.25) is 5.02 Å². The third-order valence-electron chi connectivity index (χ3n) is 6.27. The minimum absolute atomic E-state index is 0.0810. The molecule has 4 rings (SSSR count). The van der Waals surface area contributed by atoms with Gasteiger partial charge < -0.3 is 14.6 Å². The maximum atomic E-state index is 14.3. The number of benzene rings is 3. The van der Waals surface area contributed by atoms with Crippen molar-refractivity contribution >= 4 is 33.5 Å². The zero-order valence-electron chi connectivity index (χ0n) is 19.1. The lowest BCUT2D eigenvalue weighted by molar-refractivity contribution is -0.139. The van der Waals surface area contributed by atoms with E-state index in [1.54, 1.807) is 18.2 Å². The van der Waals surface area contributed by atoms with Crippen LogP contribution in [-0.2, 0) is 9.53 Å². The predicted molar refractivity (Wildman–Crippen MR) is 137 cm³/mol. The van der Waals surface area contributed by atoms with Gasteiger partial charge in [0.2, 0.25) is 0 Å². The number of hydrogen-bond donors (Lipinski definition) is 1. The third-order valence-corrected chi connectivity index (χ3v) is 7.02. The van der Waals surface area contributed by atoms with Gasteiger partial charge in [0, 0.05) is 26.9 Å². The number of carbonyl (C=O) groups is 1. The van der Waals surface area contributed by atoms with Crippen LogP contribution in [0.25, 0.3) is 0 Å². The summed E-state index contributed by atoms with van der Waals surface area (Å²) < 4.78 is 27.5. The van der Waals surface area contributed by atoms with Gasteiger partial charge in [-0.15, -0.1) is 0 Å². The maximum absolute atomic E-state index is 14.3. The van der Waals surface area contributed by atoms with Gasteiger partial charge in [0.15, 0.2) is 6.61 Å². The molecule has 0 saturated carbocycles. The smallest absolute Gasteiger partial charge is 0.341 e. The Morgan fingerprint density at radius 2 is 1.89 bits per heavy atom. The van der Waals surface area contributed by atoms with Crippen molar-refractivity contribution in [2.24, 2.45) is 5.92 Å². The van der Waals surface area contributed by atoms with Gasteiger partial charge in [-0.25, -0.2) is 9.18 Å². The molecule has 0 bridgehead atoms. The molecule has 1 N–H and O–H groups in total. The lowest BCUT2D eigenvalue weighted by Gasteiger charge is -2.43. The van der Waals surface area contributed by atoms with Gasteiger partial charge >= 0.3 is 5.97 Å². The van der Waals surface area contributed by atoms with Crippen molar-refractivity contribution in [2.75, 3.05) is 6.61 Å². The molecule has 1 heterocycles. The second-order valence-electron chi connectivity index (χ2n) is 8.74. The largest absolute Gasteiger partial charge is 0.482 e. The first-order valence-corrected chi connectivity index (χ1v) is 12.4. The van der Waals surface area contributed by atoms with E-state index >= 15 is 0 Å². The van der Waals surface area contributed by atoms with E-state index in [0.29, 0.717) is 22.8 Å². The number of aliphatic carboxylic acids is 1. The number of carboxylic acids is 1. The fourth-order valence-corrected chi connectivity index (χ4v) is 5.15. The van der Waals surface area contributed by atoms with E-state index in [4.69, 9.17) is 26.2 Å². The van der Waals surface area contributed by atoms with Gasteiger partial charge in [-0.3, -0.25) is 0 Å². The average molecular weight is 560 g/mol. The molecule has 4 nitrogen and oxygen atoms in total. The molecule has 0 spiro atoms. The summed E-state index contributed by atoms with van der Waals surface area (Å²) in [7, 11) is 0. The Morgan fingerprint density at radius 1 is 1.14 bits per heavy atom. The highest BCUT2D eigenvalue weighted by molar-refractivity contribution is 9.10. The summed E-state index contributed by atoms with van der Waals surface area (Å²) in [5.41, 5.74) is 3.39. The predicted octanol–water partition coefficient (Wildman–Crippen LogP) is 7.88.